The van der Waals surface area contributed by atoms with Crippen molar-refractivity contribution < 1.29 is 4.79 Å². The largest absolute Gasteiger partial charge is 0.399 e. The van der Waals surface area contributed by atoms with Crippen molar-refractivity contribution in [2.24, 2.45) is 0 Å². The van der Waals surface area contributed by atoms with Crippen LogP contribution in [0.4, 0.5) is 5.69 Å². The number of ketones is 1. The molecule has 17 heavy (non-hydrogen) atoms. The smallest absolute Gasteiger partial charge is 0.126 e. The minimum Gasteiger partial charge on any atom is -0.399 e. The normalized spacial score (nSPS) is 8.00. The van der Waals surface area contributed by atoms with Crippen LogP contribution in [0.5, 0.6) is 0 Å². The Morgan fingerprint density at radius 1 is 1.24 bits per heavy atom. The van der Waals surface area contributed by atoms with Crippen molar-refractivity contribution in [3.63, 3.8) is 0 Å². The van der Waals surface area contributed by atoms with E-state index in [0.29, 0.717) is 0 Å². The van der Waals surface area contributed by atoms with E-state index < -0.39 is 0 Å². The van der Waals surface area contributed by atoms with Gasteiger partial charge in [0.25, 0.3) is 0 Å². The summed E-state index contributed by atoms with van der Waals surface area (Å²) in [7, 11) is 0. The number of rotatable bonds is 2. The number of aryl methyl sites for hydroxylation is 1. The molecule has 0 spiro atoms. The van der Waals surface area contributed by atoms with E-state index in [2.05, 4.69) is 32.6 Å². The van der Waals surface area contributed by atoms with Gasteiger partial charge < -0.3 is 10.5 Å². The van der Waals surface area contributed by atoms with Gasteiger partial charge in [0.2, 0.25) is 0 Å². The average Bonchev–Trinajstić information content (AvgIpc) is 2.30. The maximum absolute atomic E-state index is 9.44. The average molecular weight is 235 g/mol. The third-order valence-corrected chi connectivity index (χ3v) is 1.68. The predicted molar refractivity (Wildman–Crippen MR) is 77.1 cm³/mol. The minimum atomic E-state index is 0.167. The van der Waals surface area contributed by atoms with Crippen LogP contribution in [-0.2, 0) is 11.2 Å². The fourth-order valence-electron chi connectivity index (χ4n) is 0.753. The van der Waals surface area contributed by atoms with E-state index in [1.807, 2.05) is 18.2 Å². The van der Waals surface area contributed by atoms with E-state index in [9.17, 15) is 4.79 Å². The number of nitrogen functional groups attached to an aromatic ring is 1. The lowest BCUT2D eigenvalue weighted by molar-refractivity contribution is -0.114. The number of Topliss-reactive ketones (excluding diaryl/α,β-unsaturated/α-hetero) is 1. The summed E-state index contributed by atoms with van der Waals surface area (Å²) < 4.78 is 0. The molecule has 1 aromatic rings. The lowest BCUT2D eigenvalue weighted by Gasteiger charge is -1.94. The highest BCUT2D eigenvalue weighted by atomic mass is 16.1. The van der Waals surface area contributed by atoms with E-state index in [0.717, 1.165) is 18.5 Å². The molecule has 2 heteroatoms. The molecule has 96 valence electrons. The van der Waals surface area contributed by atoms with E-state index in [-0.39, 0.29) is 5.78 Å². The third kappa shape index (κ3) is 17.1. The molecular weight excluding hydrogens is 210 g/mol. The van der Waals surface area contributed by atoms with Crippen molar-refractivity contribution >= 4 is 11.5 Å². The molecule has 0 aromatic heterocycles. The van der Waals surface area contributed by atoms with Crippen LogP contribution in [0.3, 0.4) is 0 Å². The Morgan fingerprint density at radius 2 is 1.59 bits per heavy atom. The highest BCUT2D eigenvalue weighted by Crippen LogP contribution is 2.04. The lowest BCUT2D eigenvalue weighted by atomic mass is 10.2. The molecule has 2 nitrogen and oxygen atoms in total. The standard InChI is InChI=1S/C8H11N.C4H8.C3H6O/c1-2-7-3-5-8(9)6-4-7;1-3-4-2;1-3(2)4/h3-6H,2,9H2,1H3;3H,1,4H2,2H3;1-2H3. The van der Waals surface area contributed by atoms with Gasteiger partial charge in [-0.2, -0.15) is 0 Å². The zero-order valence-corrected chi connectivity index (χ0v) is 11.5. The van der Waals surface area contributed by atoms with Gasteiger partial charge in [0.15, 0.2) is 0 Å². The van der Waals surface area contributed by atoms with Gasteiger partial charge in [-0.05, 0) is 44.4 Å². The molecule has 0 fully saturated rings. The number of carbonyl (C=O) groups excluding carboxylic acids is 1. The zero-order chi connectivity index (χ0) is 13.7. The summed E-state index contributed by atoms with van der Waals surface area (Å²) in [5.41, 5.74) is 7.66. The number of benzene rings is 1. The quantitative estimate of drug-likeness (QED) is 0.621. The number of hydrogen-bond acceptors (Lipinski definition) is 2. The van der Waals surface area contributed by atoms with Crippen LogP contribution in [0.15, 0.2) is 36.9 Å². The number of hydrogen-bond donors (Lipinski definition) is 1. The van der Waals surface area contributed by atoms with Gasteiger partial charge in [-0.1, -0.05) is 32.1 Å². The molecule has 0 aliphatic rings. The first kappa shape index (κ1) is 17.8. The highest BCUT2D eigenvalue weighted by molar-refractivity contribution is 5.72. The van der Waals surface area contributed by atoms with Crippen LogP contribution in [0, 0.1) is 0 Å². The summed E-state index contributed by atoms with van der Waals surface area (Å²) >= 11 is 0. The summed E-state index contributed by atoms with van der Waals surface area (Å²) in [5, 5.41) is 0. The monoisotopic (exact) mass is 235 g/mol. The minimum absolute atomic E-state index is 0.167. The molecule has 0 unspecified atom stereocenters. The molecule has 0 radical (unpaired) electrons. The maximum Gasteiger partial charge on any atom is 0.126 e. The van der Waals surface area contributed by atoms with E-state index in [4.69, 9.17) is 5.73 Å². The van der Waals surface area contributed by atoms with Gasteiger partial charge in [0.1, 0.15) is 5.78 Å². The van der Waals surface area contributed by atoms with Crippen LogP contribution < -0.4 is 5.73 Å². The van der Waals surface area contributed by atoms with Crippen molar-refractivity contribution in [1.29, 1.82) is 0 Å². The number of nitrogens with two attached hydrogens (primary N) is 1. The second-order valence-corrected chi connectivity index (χ2v) is 3.70. The Labute approximate surface area is 106 Å². The fraction of sp³-hybridized carbons (Fsp3) is 0.400. The number of anilines is 1. The van der Waals surface area contributed by atoms with E-state index in [1.54, 1.807) is 0 Å². The van der Waals surface area contributed by atoms with Crippen molar-refractivity contribution in [2.45, 2.75) is 40.5 Å². The van der Waals surface area contributed by atoms with Gasteiger partial charge >= 0.3 is 0 Å². The van der Waals surface area contributed by atoms with Crippen LogP contribution in [0.1, 0.15) is 39.7 Å². The molecule has 1 rings (SSSR count). The van der Waals surface area contributed by atoms with Gasteiger partial charge in [0.05, 0.1) is 0 Å². The first-order chi connectivity index (χ1) is 7.97. The molecule has 0 aliphatic carbocycles. The lowest BCUT2D eigenvalue weighted by Crippen LogP contribution is -1.84. The summed E-state index contributed by atoms with van der Waals surface area (Å²) in [6.07, 6.45) is 4.04. The van der Waals surface area contributed by atoms with Gasteiger partial charge in [-0.3, -0.25) is 0 Å². The maximum atomic E-state index is 9.44. The second kappa shape index (κ2) is 12.5. The fourth-order valence-corrected chi connectivity index (χ4v) is 0.753. The summed E-state index contributed by atoms with van der Waals surface area (Å²) in [6, 6.07) is 7.96. The predicted octanol–water partition coefficient (Wildman–Crippen LogP) is 4.01. The Balaban J connectivity index is 0. The molecule has 1 aromatic carbocycles. The SMILES string of the molecule is C=CCC.CC(C)=O.CCc1ccc(N)cc1. The Bertz CT molecular complexity index is 297. The van der Waals surface area contributed by atoms with E-state index >= 15 is 0 Å². The molecule has 0 saturated carbocycles. The van der Waals surface area contributed by atoms with Crippen molar-refractivity contribution in [1.82, 2.24) is 0 Å². The Kier molecular flexibility index (Phi) is 13.1. The Hall–Kier alpha value is -1.57. The molecule has 0 bridgehead atoms. The van der Waals surface area contributed by atoms with Crippen LogP contribution in [0.2, 0.25) is 0 Å². The molecular formula is C15H25NO. The summed E-state index contributed by atoms with van der Waals surface area (Å²) in [5.74, 6) is 0.167. The first-order valence-corrected chi connectivity index (χ1v) is 5.90. The summed E-state index contributed by atoms with van der Waals surface area (Å²) in [4.78, 5) is 9.44. The van der Waals surface area contributed by atoms with Crippen molar-refractivity contribution in [3.05, 3.63) is 42.5 Å². The molecule has 0 aliphatic heterocycles. The number of allylic oxidation sites excluding steroid dienone is 1. The third-order valence-electron chi connectivity index (χ3n) is 1.68. The van der Waals surface area contributed by atoms with Crippen LogP contribution in [-0.4, -0.2) is 5.78 Å². The van der Waals surface area contributed by atoms with Gasteiger partial charge in [-0.25, -0.2) is 0 Å². The second-order valence-electron chi connectivity index (χ2n) is 3.70. The Morgan fingerprint density at radius 3 is 1.82 bits per heavy atom. The van der Waals surface area contributed by atoms with Gasteiger partial charge in [-0.15, -0.1) is 6.58 Å². The summed E-state index contributed by atoms with van der Waals surface area (Å²) in [6.45, 7) is 10.7. The number of carbonyl (C=O) groups is 1. The highest BCUT2D eigenvalue weighted by Gasteiger charge is 1.85. The van der Waals surface area contributed by atoms with Gasteiger partial charge in [0, 0.05) is 5.69 Å². The molecule has 0 heterocycles. The molecule has 0 atom stereocenters. The molecule has 2 N–H and O–H groups in total. The molecule has 0 saturated heterocycles. The van der Waals surface area contributed by atoms with Crippen molar-refractivity contribution in [2.75, 3.05) is 5.73 Å². The molecule has 0 amide bonds. The van der Waals surface area contributed by atoms with Crippen molar-refractivity contribution in [3.8, 4) is 0 Å². The first-order valence-electron chi connectivity index (χ1n) is 5.90. The van der Waals surface area contributed by atoms with E-state index in [1.165, 1.54) is 19.4 Å². The topological polar surface area (TPSA) is 43.1 Å². The van der Waals surface area contributed by atoms with Crippen LogP contribution >= 0.6 is 0 Å². The zero-order valence-electron chi connectivity index (χ0n) is 11.5. The van der Waals surface area contributed by atoms with Crippen LogP contribution in [0.25, 0.3) is 0 Å².